The Bertz CT molecular complexity index is 429. The van der Waals surface area contributed by atoms with Crippen LogP contribution in [0.1, 0.15) is 56.2 Å². The van der Waals surface area contributed by atoms with Gasteiger partial charge in [0.25, 0.3) is 0 Å². The molecule has 106 valence electrons. The maximum atomic E-state index is 3.62. The summed E-state index contributed by atoms with van der Waals surface area (Å²) in [5, 5.41) is 3.62. The average molecular weight is 259 g/mol. The Morgan fingerprint density at radius 1 is 1.21 bits per heavy atom. The van der Waals surface area contributed by atoms with Gasteiger partial charge in [-0.2, -0.15) is 0 Å². The summed E-state index contributed by atoms with van der Waals surface area (Å²) >= 11 is 0. The molecule has 1 heteroatoms. The molecular weight excluding hydrogens is 230 g/mol. The maximum absolute atomic E-state index is 3.62. The second kappa shape index (κ2) is 5.66. The van der Waals surface area contributed by atoms with Crippen molar-refractivity contribution in [2.45, 2.75) is 64.8 Å². The lowest BCUT2D eigenvalue weighted by atomic mass is 9.58. The number of nitrogens with one attached hydrogen (secondary N) is 1. The minimum atomic E-state index is 0.384. The van der Waals surface area contributed by atoms with Crippen LogP contribution in [0.3, 0.4) is 0 Å². The summed E-state index contributed by atoms with van der Waals surface area (Å²) in [6.07, 6.45) is 5.33. The second-order valence-electron chi connectivity index (χ2n) is 6.73. The zero-order valence-corrected chi connectivity index (χ0v) is 13.2. The van der Waals surface area contributed by atoms with Crippen molar-refractivity contribution in [1.29, 1.82) is 0 Å². The van der Waals surface area contributed by atoms with Gasteiger partial charge in [0.2, 0.25) is 0 Å². The van der Waals surface area contributed by atoms with Crippen LogP contribution in [-0.4, -0.2) is 13.1 Å². The Morgan fingerprint density at radius 3 is 2.37 bits per heavy atom. The van der Waals surface area contributed by atoms with Gasteiger partial charge in [-0.1, -0.05) is 38.5 Å². The minimum absolute atomic E-state index is 0.384. The highest BCUT2D eigenvalue weighted by atomic mass is 14.9. The summed E-state index contributed by atoms with van der Waals surface area (Å²) < 4.78 is 0. The third-order valence-corrected chi connectivity index (χ3v) is 5.11. The molecule has 0 spiro atoms. The molecule has 1 N–H and O–H groups in total. The van der Waals surface area contributed by atoms with Gasteiger partial charge in [0.05, 0.1) is 0 Å². The van der Waals surface area contributed by atoms with E-state index in [-0.39, 0.29) is 0 Å². The molecule has 1 nitrogen and oxygen atoms in total. The summed E-state index contributed by atoms with van der Waals surface area (Å²) in [5.41, 5.74) is 4.92. The molecule has 19 heavy (non-hydrogen) atoms. The van der Waals surface area contributed by atoms with Gasteiger partial charge in [-0.3, -0.25) is 0 Å². The smallest absolute Gasteiger partial charge is 0.0163 e. The maximum Gasteiger partial charge on any atom is 0.0163 e. The SMILES string of the molecule is CNC(CC(C)C)C1(c2cccc(C)c2C)CCC1. The van der Waals surface area contributed by atoms with E-state index in [1.807, 2.05) is 0 Å². The first-order valence-electron chi connectivity index (χ1n) is 7.75. The topological polar surface area (TPSA) is 12.0 Å². The molecule has 1 fully saturated rings. The average Bonchev–Trinajstić information content (AvgIpc) is 2.31. The molecule has 0 bridgehead atoms. The lowest BCUT2D eigenvalue weighted by Crippen LogP contribution is -2.52. The van der Waals surface area contributed by atoms with E-state index in [4.69, 9.17) is 0 Å². The Morgan fingerprint density at radius 2 is 1.89 bits per heavy atom. The van der Waals surface area contributed by atoms with E-state index >= 15 is 0 Å². The highest BCUT2D eigenvalue weighted by molar-refractivity contribution is 5.41. The monoisotopic (exact) mass is 259 g/mol. The van der Waals surface area contributed by atoms with E-state index in [2.05, 4.69) is 58.3 Å². The van der Waals surface area contributed by atoms with Crippen LogP contribution in [0.25, 0.3) is 0 Å². The van der Waals surface area contributed by atoms with Crippen molar-refractivity contribution in [3.05, 3.63) is 34.9 Å². The van der Waals surface area contributed by atoms with E-state index in [0.717, 1.165) is 5.92 Å². The molecule has 1 saturated carbocycles. The van der Waals surface area contributed by atoms with Crippen molar-refractivity contribution in [2.24, 2.45) is 5.92 Å². The molecule has 1 atom stereocenters. The van der Waals surface area contributed by atoms with Crippen LogP contribution < -0.4 is 5.32 Å². The largest absolute Gasteiger partial charge is 0.316 e. The molecule has 0 radical (unpaired) electrons. The predicted octanol–water partition coefficient (Wildman–Crippen LogP) is 4.36. The van der Waals surface area contributed by atoms with Crippen molar-refractivity contribution in [3.63, 3.8) is 0 Å². The van der Waals surface area contributed by atoms with Crippen molar-refractivity contribution in [1.82, 2.24) is 5.32 Å². The summed E-state index contributed by atoms with van der Waals surface area (Å²) in [6.45, 7) is 9.20. The fourth-order valence-electron chi connectivity index (χ4n) is 3.74. The lowest BCUT2D eigenvalue weighted by Gasteiger charge is -2.50. The van der Waals surface area contributed by atoms with Crippen LogP contribution in [0.15, 0.2) is 18.2 Å². The van der Waals surface area contributed by atoms with Gasteiger partial charge in [-0.25, -0.2) is 0 Å². The molecule has 1 aromatic carbocycles. The molecule has 0 saturated heterocycles. The van der Waals surface area contributed by atoms with Crippen LogP contribution >= 0.6 is 0 Å². The second-order valence-corrected chi connectivity index (χ2v) is 6.73. The van der Waals surface area contributed by atoms with Gasteiger partial charge in [-0.15, -0.1) is 0 Å². The first-order chi connectivity index (χ1) is 9.01. The highest BCUT2D eigenvalue weighted by Gasteiger charge is 2.45. The van der Waals surface area contributed by atoms with Crippen molar-refractivity contribution in [3.8, 4) is 0 Å². The minimum Gasteiger partial charge on any atom is -0.316 e. The molecule has 0 aromatic heterocycles. The molecule has 1 aliphatic carbocycles. The first-order valence-corrected chi connectivity index (χ1v) is 7.75. The van der Waals surface area contributed by atoms with Crippen LogP contribution in [0, 0.1) is 19.8 Å². The van der Waals surface area contributed by atoms with E-state index < -0.39 is 0 Å². The number of aryl methyl sites for hydroxylation is 1. The molecule has 1 unspecified atom stereocenters. The lowest BCUT2D eigenvalue weighted by molar-refractivity contribution is 0.156. The van der Waals surface area contributed by atoms with Crippen LogP contribution in [0.4, 0.5) is 0 Å². The normalized spacial score (nSPS) is 19.3. The Labute approximate surface area is 118 Å². The number of likely N-dealkylation sites (N-methyl/N-ethyl adjacent to an activating group) is 1. The van der Waals surface area contributed by atoms with E-state index in [0.29, 0.717) is 11.5 Å². The first kappa shape index (κ1) is 14.6. The third kappa shape index (κ3) is 2.58. The highest BCUT2D eigenvalue weighted by Crippen LogP contribution is 2.49. The van der Waals surface area contributed by atoms with Crippen LogP contribution in [0.5, 0.6) is 0 Å². The van der Waals surface area contributed by atoms with E-state index in [1.54, 1.807) is 5.56 Å². The standard InChI is InChI=1S/C18H29N/c1-13(2)12-17(19-5)18(10-7-11-18)16-9-6-8-14(3)15(16)4/h6,8-9,13,17,19H,7,10-12H2,1-5H3. The third-order valence-electron chi connectivity index (χ3n) is 5.11. The zero-order valence-electron chi connectivity index (χ0n) is 13.2. The van der Waals surface area contributed by atoms with E-state index in [9.17, 15) is 0 Å². The van der Waals surface area contributed by atoms with Gasteiger partial charge in [0.15, 0.2) is 0 Å². The molecule has 0 amide bonds. The Balaban J connectivity index is 2.38. The molecule has 1 aliphatic rings. The Kier molecular flexibility index (Phi) is 4.35. The number of hydrogen-bond acceptors (Lipinski definition) is 1. The van der Waals surface area contributed by atoms with Gasteiger partial charge in [-0.05, 0) is 62.8 Å². The van der Waals surface area contributed by atoms with Crippen LogP contribution in [-0.2, 0) is 5.41 Å². The van der Waals surface area contributed by atoms with Crippen LogP contribution in [0.2, 0.25) is 0 Å². The van der Waals surface area contributed by atoms with Crippen molar-refractivity contribution < 1.29 is 0 Å². The Hall–Kier alpha value is -0.820. The number of hydrogen-bond donors (Lipinski definition) is 1. The molecule has 2 rings (SSSR count). The molecule has 1 aromatic rings. The van der Waals surface area contributed by atoms with Gasteiger partial charge in [0, 0.05) is 11.5 Å². The summed E-state index contributed by atoms with van der Waals surface area (Å²) in [6, 6.07) is 7.45. The van der Waals surface area contributed by atoms with Gasteiger partial charge >= 0.3 is 0 Å². The quantitative estimate of drug-likeness (QED) is 0.828. The molecule has 0 heterocycles. The molecule has 0 aliphatic heterocycles. The van der Waals surface area contributed by atoms with Gasteiger partial charge < -0.3 is 5.32 Å². The summed E-state index contributed by atoms with van der Waals surface area (Å²) in [7, 11) is 2.14. The predicted molar refractivity (Wildman–Crippen MR) is 83.7 cm³/mol. The number of rotatable bonds is 5. The van der Waals surface area contributed by atoms with E-state index in [1.165, 1.54) is 36.8 Å². The summed E-state index contributed by atoms with van der Waals surface area (Å²) in [4.78, 5) is 0. The number of benzene rings is 1. The fourth-order valence-corrected chi connectivity index (χ4v) is 3.74. The fraction of sp³-hybridized carbons (Fsp3) is 0.667. The van der Waals surface area contributed by atoms with Gasteiger partial charge in [0.1, 0.15) is 0 Å². The molecular formula is C18H29N. The van der Waals surface area contributed by atoms with Crippen molar-refractivity contribution in [2.75, 3.05) is 7.05 Å². The van der Waals surface area contributed by atoms with Crippen molar-refractivity contribution >= 4 is 0 Å². The summed E-state index contributed by atoms with van der Waals surface area (Å²) in [5.74, 6) is 0.750. The zero-order chi connectivity index (χ0) is 14.0.